The van der Waals surface area contributed by atoms with Gasteiger partial charge in [-0.25, -0.2) is 4.79 Å². The van der Waals surface area contributed by atoms with Crippen molar-refractivity contribution in [2.75, 3.05) is 13.2 Å². The van der Waals surface area contributed by atoms with Crippen molar-refractivity contribution >= 4 is 5.97 Å². The summed E-state index contributed by atoms with van der Waals surface area (Å²) in [5, 5.41) is 9.78. The molecule has 0 aliphatic rings. The Morgan fingerprint density at radius 3 is 1.23 bits per heavy atom. The topological polar surface area (TPSA) is 55.8 Å². The molecule has 0 unspecified atom stereocenters. The summed E-state index contributed by atoms with van der Waals surface area (Å²) in [5.41, 5.74) is 0. The van der Waals surface area contributed by atoms with E-state index in [2.05, 4.69) is 20.8 Å². The van der Waals surface area contributed by atoms with Gasteiger partial charge in [-0.1, -0.05) is 117 Å². The third-order valence-corrected chi connectivity index (χ3v) is 5.85. The Morgan fingerprint density at radius 2 is 0.900 bits per heavy atom. The fraction of sp³-hybridized carbons (Fsp3) is 0.962. The van der Waals surface area contributed by atoms with Crippen LogP contribution in [0.1, 0.15) is 143 Å². The molecular formula is C26H52O4. The monoisotopic (exact) mass is 428 g/mol. The second-order valence-corrected chi connectivity index (χ2v) is 8.81. The van der Waals surface area contributed by atoms with Crippen molar-refractivity contribution in [3.63, 3.8) is 0 Å². The minimum Gasteiger partial charge on any atom is -0.477 e. The number of carboxylic acids is 1. The van der Waals surface area contributed by atoms with Crippen molar-refractivity contribution in [1.29, 1.82) is 0 Å². The summed E-state index contributed by atoms with van der Waals surface area (Å²) in [6, 6.07) is 0. The minimum absolute atomic E-state index is 0.452. The molecule has 0 amide bonds. The van der Waals surface area contributed by atoms with E-state index in [4.69, 9.17) is 9.47 Å². The molecule has 30 heavy (non-hydrogen) atoms. The van der Waals surface area contributed by atoms with Crippen molar-refractivity contribution in [1.82, 2.24) is 0 Å². The molecule has 0 aromatic rings. The van der Waals surface area contributed by atoms with Gasteiger partial charge in [-0.15, -0.1) is 0 Å². The van der Waals surface area contributed by atoms with Crippen molar-refractivity contribution in [3.8, 4) is 0 Å². The summed E-state index contributed by atoms with van der Waals surface area (Å²) < 4.78 is 11.5. The first-order chi connectivity index (χ1) is 14.6. The molecule has 0 fully saturated rings. The molecule has 180 valence electrons. The number of aliphatic carboxylic acids is 1. The number of hydrogen-bond donors (Lipinski definition) is 1. The van der Waals surface area contributed by atoms with Crippen LogP contribution in [0.15, 0.2) is 0 Å². The minimum atomic E-state index is -1.44. The molecule has 0 aromatic heterocycles. The van der Waals surface area contributed by atoms with E-state index in [-0.39, 0.29) is 0 Å². The normalized spacial score (nSPS) is 11.8. The van der Waals surface area contributed by atoms with Gasteiger partial charge < -0.3 is 14.6 Å². The van der Waals surface area contributed by atoms with Crippen LogP contribution in [0, 0.1) is 0 Å². The van der Waals surface area contributed by atoms with Gasteiger partial charge in [0.2, 0.25) is 0 Å². The molecule has 0 rings (SSSR count). The van der Waals surface area contributed by atoms with Gasteiger partial charge in [-0.05, 0) is 19.3 Å². The molecule has 0 aliphatic carbocycles. The van der Waals surface area contributed by atoms with E-state index in [0.29, 0.717) is 19.6 Å². The van der Waals surface area contributed by atoms with Gasteiger partial charge in [0.15, 0.2) is 0 Å². The number of ether oxygens (including phenoxy) is 2. The van der Waals surface area contributed by atoms with E-state index in [0.717, 1.165) is 38.5 Å². The summed E-state index contributed by atoms with van der Waals surface area (Å²) >= 11 is 0. The molecule has 0 radical (unpaired) electrons. The smallest absolute Gasteiger partial charge is 0.364 e. The van der Waals surface area contributed by atoms with Crippen LogP contribution in [-0.2, 0) is 14.3 Å². The first-order valence-electron chi connectivity index (χ1n) is 13.1. The molecular weight excluding hydrogens is 376 g/mol. The summed E-state index contributed by atoms with van der Waals surface area (Å²) in [4.78, 5) is 11.9. The zero-order valence-electron chi connectivity index (χ0n) is 20.5. The highest BCUT2D eigenvalue weighted by atomic mass is 16.7. The van der Waals surface area contributed by atoms with E-state index in [1.54, 1.807) is 0 Å². The Labute approximate surface area is 187 Å². The number of carboxylic acid groups (broad SMARTS) is 1. The highest BCUT2D eigenvalue weighted by molar-refractivity contribution is 5.75. The van der Waals surface area contributed by atoms with Crippen molar-refractivity contribution < 1.29 is 19.4 Å². The average molecular weight is 429 g/mol. The van der Waals surface area contributed by atoms with E-state index in [1.807, 2.05) is 0 Å². The fourth-order valence-electron chi connectivity index (χ4n) is 3.73. The lowest BCUT2D eigenvalue weighted by molar-refractivity contribution is -0.248. The highest BCUT2D eigenvalue weighted by Gasteiger charge is 2.40. The molecule has 0 saturated carbocycles. The zero-order chi connectivity index (χ0) is 22.3. The second-order valence-electron chi connectivity index (χ2n) is 8.81. The molecule has 4 heteroatoms. The van der Waals surface area contributed by atoms with Crippen molar-refractivity contribution in [2.24, 2.45) is 0 Å². The van der Waals surface area contributed by atoms with Crippen LogP contribution < -0.4 is 0 Å². The van der Waals surface area contributed by atoms with Gasteiger partial charge in [0.1, 0.15) is 0 Å². The second kappa shape index (κ2) is 21.6. The number of unbranched alkanes of at least 4 members (excludes halogenated alkanes) is 15. The van der Waals surface area contributed by atoms with Crippen LogP contribution >= 0.6 is 0 Å². The van der Waals surface area contributed by atoms with Gasteiger partial charge in [-0.3, -0.25) is 0 Å². The van der Waals surface area contributed by atoms with Gasteiger partial charge >= 0.3 is 5.97 Å². The van der Waals surface area contributed by atoms with E-state index >= 15 is 0 Å². The van der Waals surface area contributed by atoms with E-state index in [9.17, 15) is 9.90 Å². The Bertz CT molecular complexity index is 360. The maximum absolute atomic E-state index is 11.9. The summed E-state index contributed by atoms with van der Waals surface area (Å²) in [7, 11) is 0. The van der Waals surface area contributed by atoms with Crippen molar-refractivity contribution in [2.45, 2.75) is 149 Å². The highest BCUT2D eigenvalue weighted by Crippen LogP contribution is 2.24. The van der Waals surface area contributed by atoms with Crippen LogP contribution in [0.25, 0.3) is 0 Å². The van der Waals surface area contributed by atoms with Gasteiger partial charge in [0.25, 0.3) is 5.79 Å². The summed E-state index contributed by atoms with van der Waals surface area (Å²) in [5.74, 6) is -2.41. The first kappa shape index (κ1) is 29.4. The first-order valence-corrected chi connectivity index (χ1v) is 13.1. The molecule has 0 aliphatic heterocycles. The lowest BCUT2D eigenvalue weighted by Gasteiger charge is -2.30. The predicted molar refractivity (Wildman–Crippen MR) is 127 cm³/mol. The standard InChI is InChI=1S/C26H52O4/c1-4-7-10-11-12-13-14-15-16-17-18-19-20-21-22-26(25(27)28,29-23-8-5-2)30-24-9-6-3/h4-24H2,1-3H3,(H,27,28). The molecule has 0 heterocycles. The third kappa shape index (κ3) is 16.1. The van der Waals surface area contributed by atoms with Gasteiger partial charge in [0.05, 0.1) is 13.2 Å². The number of rotatable bonds is 24. The van der Waals surface area contributed by atoms with E-state index in [1.165, 1.54) is 77.0 Å². The number of hydrogen-bond acceptors (Lipinski definition) is 3. The van der Waals surface area contributed by atoms with Gasteiger partial charge in [-0.2, -0.15) is 0 Å². The maximum atomic E-state index is 11.9. The molecule has 0 atom stereocenters. The Kier molecular flexibility index (Phi) is 21.2. The SMILES string of the molecule is CCCCCCCCCCCCCCCCC(OCCCC)(OCCCC)C(=O)O. The Morgan fingerprint density at radius 1 is 0.567 bits per heavy atom. The summed E-state index contributed by atoms with van der Waals surface area (Å²) in [6.45, 7) is 7.33. The molecule has 4 nitrogen and oxygen atoms in total. The van der Waals surface area contributed by atoms with E-state index < -0.39 is 11.8 Å². The lowest BCUT2D eigenvalue weighted by atomic mass is 10.0. The Hall–Kier alpha value is -0.610. The summed E-state index contributed by atoms with van der Waals surface area (Å²) in [6.07, 6.45) is 22.3. The quantitative estimate of drug-likeness (QED) is 0.124. The Balaban J connectivity index is 3.89. The average Bonchev–Trinajstić information content (AvgIpc) is 2.73. The van der Waals surface area contributed by atoms with Gasteiger partial charge in [0, 0.05) is 6.42 Å². The fourth-order valence-corrected chi connectivity index (χ4v) is 3.73. The van der Waals surface area contributed by atoms with Crippen LogP contribution in [0.2, 0.25) is 0 Å². The molecule has 0 aromatic carbocycles. The number of carbonyl (C=O) groups is 1. The van der Waals surface area contributed by atoms with Crippen LogP contribution in [0.4, 0.5) is 0 Å². The third-order valence-electron chi connectivity index (χ3n) is 5.85. The van der Waals surface area contributed by atoms with Crippen LogP contribution in [0.5, 0.6) is 0 Å². The molecule has 0 bridgehead atoms. The molecule has 0 saturated heterocycles. The van der Waals surface area contributed by atoms with Crippen molar-refractivity contribution in [3.05, 3.63) is 0 Å². The zero-order valence-corrected chi connectivity index (χ0v) is 20.5. The lowest BCUT2D eigenvalue weighted by Crippen LogP contribution is -2.45. The molecule has 1 N–H and O–H groups in total. The maximum Gasteiger partial charge on any atom is 0.364 e. The van der Waals surface area contributed by atoms with Crippen LogP contribution in [-0.4, -0.2) is 30.1 Å². The predicted octanol–water partition coefficient (Wildman–Crippen LogP) is 8.27. The molecule has 0 spiro atoms. The largest absolute Gasteiger partial charge is 0.477 e. The van der Waals surface area contributed by atoms with Crippen LogP contribution in [0.3, 0.4) is 0 Å².